The molecular formula is C8H9BrN4. The molecule has 1 heterocycles. The Morgan fingerprint density at radius 1 is 1.38 bits per heavy atom. The summed E-state index contributed by atoms with van der Waals surface area (Å²) in [5.41, 5.74) is 14.8. The highest BCUT2D eigenvalue weighted by Crippen LogP contribution is 2.22. The van der Waals surface area contributed by atoms with E-state index < -0.39 is 0 Å². The largest absolute Gasteiger partial charge is 0.399 e. The van der Waals surface area contributed by atoms with Crippen LogP contribution in [-0.2, 0) is 5.33 Å². The van der Waals surface area contributed by atoms with Crippen LogP contribution < -0.4 is 11.5 Å². The topological polar surface area (TPSA) is 80.7 Å². The van der Waals surface area contributed by atoms with E-state index in [1.54, 1.807) is 0 Å². The van der Waals surface area contributed by atoms with Crippen LogP contribution in [0.4, 0.5) is 11.6 Å². The second-order valence-corrected chi connectivity index (χ2v) is 3.39. The molecule has 0 aliphatic carbocycles. The monoisotopic (exact) mass is 240 g/mol. The number of rotatable bonds is 1. The second kappa shape index (κ2) is 2.92. The highest BCUT2D eigenvalue weighted by atomic mass is 79.9. The molecular weight excluding hydrogens is 232 g/mol. The number of aromatic nitrogens is 2. The summed E-state index contributed by atoms with van der Waals surface area (Å²) < 4.78 is 0. The lowest BCUT2D eigenvalue weighted by Gasteiger charge is -1.98. The standard InChI is InChI=1S/C8H9BrN4/c9-3-4-1-5(10)2-6-7(4)13-8(11)12-6/h1-2H,3,10H2,(H3,11,12,13). The Balaban J connectivity index is 2.80. The number of H-pyrrole nitrogens is 1. The number of benzene rings is 1. The van der Waals surface area contributed by atoms with Crippen molar-refractivity contribution in [1.82, 2.24) is 9.97 Å². The van der Waals surface area contributed by atoms with Gasteiger partial charge in [0.05, 0.1) is 11.0 Å². The molecule has 0 amide bonds. The normalized spacial score (nSPS) is 10.8. The van der Waals surface area contributed by atoms with Crippen LogP contribution in [0.15, 0.2) is 12.1 Å². The van der Waals surface area contributed by atoms with E-state index in [0.29, 0.717) is 11.6 Å². The van der Waals surface area contributed by atoms with E-state index in [-0.39, 0.29) is 0 Å². The zero-order chi connectivity index (χ0) is 9.42. The molecule has 1 aromatic heterocycles. The van der Waals surface area contributed by atoms with E-state index in [9.17, 15) is 0 Å². The second-order valence-electron chi connectivity index (χ2n) is 2.83. The third-order valence-corrected chi connectivity index (χ3v) is 2.45. The van der Waals surface area contributed by atoms with Gasteiger partial charge in [0.15, 0.2) is 5.95 Å². The predicted octanol–water partition coefficient (Wildman–Crippen LogP) is 1.62. The molecule has 2 aromatic rings. The number of hydrogen-bond donors (Lipinski definition) is 3. The molecule has 0 aliphatic rings. The average molecular weight is 241 g/mol. The number of alkyl halides is 1. The summed E-state index contributed by atoms with van der Waals surface area (Å²) in [6.07, 6.45) is 0. The minimum atomic E-state index is 0.419. The molecule has 2 rings (SSSR count). The Kier molecular flexibility index (Phi) is 1.88. The SMILES string of the molecule is Nc1cc(CBr)c2nc(N)[nH]c2c1. The van der Waals surface area contributed by atoms with Gasteiger partial charge in [0.2, 0.25) is 0 Å². The summed E-state index contributed by atoms with van der Waals surface area (Å²) in [7, 11) is 0. The molecule has 68 valence electrons. The molecule has 0 atom stereocenters. The summed E-state index contributed by atoms with van der Waals surface area (Å²) >= 11 is 3.37. The van der Waals surface area contributed by atoms with Gasteiger partial charge in [0.1, 0.15) is 0 Å². The maximum Gasteiger partial charge on any atom is 0.198 e. The molecule has 13 heavy (non-hydrogen) atoms. The summed E-state index contributed by atoms with van der Waals surface area (Å²) in [6.45, 7) is 0. The van der Waals surface area contributed by atoms with E-state index in [4.69, 9.17) is 11.5 Å². The Morgan fingerprint density at radius 3 is 2.85 bits per heavy atom. The number of halogens is 1. The van der Waals surface area contributed by atoms with Gasteiger partial charge in [0, 0.05) is 11.0 Å². The fraction of sp³-hybridized carbons (Fsp3) is 0.125. The molecule has 4 nitrogen and oxygen atoms in total. The number of nitrogens with two attached hydrogens (primary N) is 2. The van der Waals surface area contributed by atoms with Gasteiger partial charge in [-0.25, -0.2) is 4.98 Å². The van der Waals surface area contributed by atoms with Gasteiger partial charge in [-0.1, -0.05) is 15.9 Å². The minimum Gasteiger partial charge on any atom is -0.399 e. The lowest BCUT2D eigenvalue weighted by atomic mass is 10.2. The third-order valence-electron chi connectivity index (χ3n) is 1.85. The first-order chi connectivity index (χ1) is 6.20. The number of hydrogen-bond acceptors (Lipinski definition) is 3. The molecule has 0 fully saturated rings. The zero-order valence-electron chi connectivity index (χ0n) is 6.84. The molecule has 5 N–H and O–H groups in total. The number of anilines is 2. The molecule has 0 saturated heterocycles. The van der Waals surface area contributed by atoms with E-state index in [1.807, 2.05) is 12.1 Å². The van der Waals surface area contributed by atoms with Crippen molar-refractivity contribution in [3.05, 3.63) is 17.7 Å². The van der Waals surface area contributed by atoms with Crippen molar-refractivity contribution in [2.45, 2.75) is 5.33 Å². The highest BCUT2D eigenvalue weighted by molar-refractivity contribution is 9.08. The van der Waals surface area contributed by atoms with Gasteiger partial charge in [-0.2, -0.15) is 0 Å². The predicted molar refractivity (Wildman–Crippen MR) is 57.5 cm³/mol. The minimum absolute atomic E-state index is 0.419. The van der Waals surface area contributed by atoms with Gasteiger partial charge in [-0.15, -0.1) is 0 Å². The van der Waals surface area contributed by atoms with Gasteiger partial charge in [0.25, 0.3) is 0 Å². The maximum atomic E-state index is 5.70. The Bertz CT molecular complexity index is 449. The molecule has 0 spiro atoms. The van der Waals surface area contributed by atoms with E-state index in [0.717, 1.165) is 21.9 Å². The number of nitrogen functional groups attached to an aromatic ring is 2. The number of imidazole rings is 1. The average Bonchev–Trinajstić information content (AvgIpc) is 2.43. The van der Waals surface area contributed by atoms with Crippen LogP contribution in [0.3, 0.4) is 0 Å². The fourth-order valence-electron chi connectivity index (χ4n) is 1.33. The molecule has 0 radical (unpaired) electrons. The number of fused-ring (bicyclic) bond motifs is 1. The van der Waals surface area contributed by atoms with Gasteiger partial charge >= 0.3 is 0 Å². The summed E-state index contributed by atoms with van der Waals surface area (Å²) in [5.74, 6) is 0.419. The van der Waals surface area contributed by atoms with Crippen molar-refractivity contribution in [3.63, 3.8) is 0 Å². The van der Waals surface area contributed by atoms with E-state index in [2.05, 4.69) is 25.9 Å². The number of nitrogens with zero attached hydrogens (tertiary/aromatic N) is 1. The van der Waals surface area contributed by atoms with Crippen LogP contribution in [-0.4, -0.2) is 9.97 Å². The smallest absolute Gasteiger partial charge is 0.198 e. The van der Waals surface area contributed by atoms with Crippen molar-refractivity contribution >= 4 is 38.6 Å². The van der Waals surface area contributed by atoms with Crippen LogP contribution >= 0.6 is 15.9 Å². The maximum absolute atomic E-state index is 5.70. The zero-order valence-corrected chi connectivity index (χ0v) is 8.43. The lowest BCUT2D eigenvalue weighted by molar-refractivity contribution is 1.34. The van der Waals surface area contributed by atoms with Crippen molar-refractivity contribution in [2.24, 2.45) is 0 Å². The van der Waals surface area contributed by atoms with Gasteiger partial charge < -0.3 is 16.5 Å². The summed E-state index contributed by atoms with van der Waals surface area (Å²) in [4.78, 5) is 7.10. The first kappa shape index (κ1) is 8.37. The van der Waals surface area contributed by atoms with Crippen LogP contribution in [0, 0.1) is 0 Å². The molecule has 0 saturated carbocycles. The fourth-order valence-corrected chi connectivity index (χ4v) is 1.76. The molecule has 5 heteroatoms. The Labute approximate surface area is 83.5 Å². The highest BCUT2D eigenvalue weighted by Gasteiger charge is 2.05. The number of nitrogens with one attached hydrogen (secondary N) is 1. The molecule has 1 aromatic carbocycles. The molecule has 0 bridgehead atoms. The van der Waals surface area contributed by atoms with Crippen LogP contribution in [0.1, 0.15) is 5.56 Å². The van der Waals surface area contributed by atoms with Gasteiger partial charge in [-0.3, -0.25) is 0 Å². The van der Waals surface area contributed by atoms with Crippen molar-refractivity contribution in [1.29, 1.82) is 0 Å². The van der Waals surface area contributed by atoms with Crippen LogP contribution in [0.2, 0.25) is 0 Å². The number of aromatic amines is 1. The molecule has 0 unspecified atom stereocenters. The first-order valence-corrected chi connectivity index (χ1v) is 4.92. The van der Waals surface area contributed by atoms with E-state index >= 15 is 0 Å². The van der Waals surface area contributed by atoms with E-state index in [1.165, 1.54) is 0 Å². The van der Waals surface area contributed by atoms with Crippen LogP contribution in [0.25, 0.3) is 11.0 Å². The Morgan fingerprint density at radius 2 is 2.15 bits per heavy atom. The van der Waals surface area contributed by atoms with Crippen molar-refractivity contribution < 1.29 is 0 Å². The Hall–Kier alpha value is -1.23. The quantitative estimate of drug-likeness (QED) is 0.524. The third kappa shape index (κ3) is 1.35. The van der Waals surface area contributed by atoms with Crippen molar-refractivity contribution in [3.8, 4) is 0 Å². The lowest BCUT2D eigenvalue weighted by Crippen LogP contribution is -1.88. The van der Waals surface area contributed by atoms with Crippen molar-refractivity contribution in [2.75, 3.05) is 11.5 Å². The van der Waals surface area contributed by atoms with Crippen LogP contribution in [0.5, 0.6) is 0 Å². The summed E-state index contributed by atoms with van der Waals surface area (Å²) in [6, 6.07) is 3.71. The first-order valence-electron chi connectivity index (χ1n) is 3.80. The summed E-state index contributed by atoms with van der Waals surface area (Å²) in [5, 5.41) is 0.721. The van der Waals surface area contributed by atoms with Gasteiger partial charge in [-0.05, 0) is 17.7 Å². The molecule has 0 aliphatic heterocycles.